The van der Waals surface area contributed by atoms with Gasteiger partial charge in [0.05, 0.1) is 12.8 Å². The maximum absolute atomic E-state index is 14.6. The number of anilines is 2. The van der Waals surface area contributed by atoms with Crippen LogP contribution in [0.5, 0.6) is 5.75 Å². The molecule has 0 bridgehead atoms. The molecule has 0 aliphatic rings. The number of nitrogens with one attached hydrogen (secondary N) is 1. The molecular formula is C22H20F6N4O3S. The van der Waals surface area contributed by atoms with Crippen molar-refractivity contribution in [2.24, 2.45) is 4.36 Å². The summed E-state index contributed by atoms with van der Waals surface area (Å²) in [5.74, 6) is -5.45. The lowest BCUT2D eigenvalue weighted by molar-refractivity contribution is -0.169. The predicted octanol–water partition coefficient (Wildman–Crippen LogP) is 5.46. The van der Waals surface area contributed by atoms with E-state index >= 15 is 0 Å². The van der Waals surface area contributed by atoms with Crippen LogP contribution in [-0.4, -0.2) is 39.5 Å². The van der Waals surface area contributed by atoms with E-state index in [9.17, 15) is 35.7 Å². The molecule has 14 heteroatoms. The summed E-state index contributed by atoms with van der Waals surface area (Å²) in [6, 6.07) is 6.85. The number of rotatable bonds is 7. The predicted molar refractivity (Wildman–Crippen MR) is 123 cm³/mol. The average molecular weight is 534 g/mol. The number of thiol groups is 1. The zero-order valence-electron chi connectivity index (χ0n) is 18.8. The van der Waals surface area contributed by atoms with Gasteiger partial charge in [-0.1, -0.05) is 0 Å². The van der Waals surface area contributed by atoms with Crippen molar-refractivity contribution in [3.8, 4) is 16.9 Å². The molecule has 1 amide bonds. The fourth-order valence-corrected chi connectivity index (χ4v) is 4.63. The number of carbonyl (C=O) groups excluding carboxylic acids is 1. The van der Waals surface area contributed by atoms with Crippen LogP contribution in [0.15, 0.2) is 47.0 Å². The number of halogens is 6. The number of nitrogens with zero attached hydrogens (tertiary/aromatic N) is 3. The van der Waals surface area contributed by atoms with Gasteiger partial charge < -0.3 is 14.6 Å². The molecule has 0 saturated heterocycles. The van der Waals surface area contributed by atoms with E-state index in [0.29, 0.717) is 0 Å². The largest absolute Gasteiger partial charge is 0.493 e. The molecule has 2 N–H and O–H groups in total. The second-order valence-corrected chi connectivity index (χ2v) is 10.3. The number of benzene rings is 1. The maximum atomic E-state index is 14.6. The van der Waals surface area contributed by atoms with Gasteiger partial charge in [0.1, 0.15) is 29.0 Å². The van der Waals surface area contributed by atoms with Crippen LogP contribution in [0, 0.1) is 17.6 Å². The summed E-state index contributed by atoms with van der Waals surface area (Å²) in [6.07, 6.45) is -3.41. The standard InChI is InChI=1S/C22H20F6N4O3S/c1-3-35-17-8-13(23)4-5-14(17)15-9-19(29-10-16(15)24)31-20-7-12(6-18(25)30-20)11-36(2,34)32-21(33)22(26,27)28/h4-10,36H,3,11H2,1-2H3,(H,29,30,31)(H,32,33,34). The van der Waals surface area contributed by atoms with Crippen molar-refractivity contribution < 1.29 is 40.4 Å². The van der Waals surface area contributed by atoms with E-state index in [1.165, 1.54) is 18.2 Å². The molecule has 3 rings (SSSR count). The van der Waals surface area contributed by atoms with Gasteiger partial charge in [-0.05, 0) is 49.1 Å². The zero-order valence-corrected chi connectivity index (χ0v) is 19.7. The zero-order chi connectivity index (χ0) is 26.7. The lowest BCUT2D eigenvalue weighted by atomic mass is 10.0. The number of hydrogen-bond donors (Lipinski definition) is 3. The van der Waals surface area contributed by atoms with Crippen LogP contribution in [0.1, 0.15) is 12.5 Å². The van der Waals surface area contributed by atoms with Gasteiger partial charge in [0.25, 0.3) is 0 Å². The van der Waals surface area contributed by atoms with E-state index in [1.54, 1.807) is 6.92 Å². The summed E-state index contributed by atoms with van der Waals surface area (Å²) < 4.78 is 98.2. The minimum absolute atomic E-state index is 0.000663. The van der Waals surface area contributed by atoms with Crippen molar-refractivity contribution in [3.63, 3.8) is 0 Å². The first-order valence-electron chi connectivity index (χ1n) is 10.2. The fourth-order valence-electron chi connectivity index (χ4n) is 3.18. The number of alkyl halides is 3. The highest BCUT2D eigenvalue weighted by Gasteiger charge is 2.39. The first-order valence-corrected chi connectivity index (χ1v) is 12.5. The summed E-state index contributed by atoms with van der Waals surface area (Å²) in [6.45, 7) is 1.86. The Kier molecular flexibility index (Phi) is 7.99. The van der Waals surface area contributed by atoms with Crippen molar-refractivity contribution in [2.75, 3.05) is 18.2 Å². The Morgan fingerprint density at radius 1 is 1.11 bits per heavy atom. The van der Waals surface area contributed by atoms with Crippen LogP contribution in [0.3, 0.4) is 0 Å². The topological polar surface area (TPSA) is 96.7 Å². The molecule has 1 aromatic carbocycles. The van der Waals surface area contributed by atoms with E-state index in [-0.39, 0.29) is 40.7 Å². The van der Waals surface area contributed by atoms with Gasteiger partial charge in [-0.3, -0.25) is 4.79 Å². The lowest BCUT2D eigenvalue weighted by Gasteiger charge is -2.19. The molecule has 2 heterocycles. The molecule has 3 aromatic rings. The molecule has 0 unspecified atom stereocenters. The van der Waals surface area contributed by atoms with Crippen LogP contribution < -0.4 is 10.1 Å². The van der Waals surface area contributed by atoms with Crippen molar-refractivity contribution in [1.82, 2.24) is 9.97 Å². The molecule has 194 valence electrons. The molecule has 0 atom stereocenters. The number of pyridine rings is 2. The van der Waals surface area contributed by atoms with Gasteiger partial charge in [-0.2, -0.15) is 21.9 Å². The van der Waals surface area contributed by atoms with Crippen molar-refractivity contribution in [3.05, 3.63) is 65.7 Å². The highest BCUT2D eigenvalue weighted by atomic mass is 32.3. The van der Waals surface area contributed by atoms with Crippen LogP contribution in [0.2, 0.25) is 0 Å². The van der Waals surface area contributed by atoms with E-state index in [2.05, 4.69) is 19.6 Å². The molecule has 36 heavy (non-hydrogen) atoms. The molecule has 0 radical (unpaired) electrons. The number of carbonyl (C=O) groups is 1. The fraction of sp³-hybridized carbons (Fsp3) is 0.227. The molecule has 0 fully saturated rings. The highest BCUT2D eigenvalue weighted by Crippen LogP contribution is 2.34. The van der Waals surface area contributed by atoms with Crippen LogP contribution in [0.4, 0.5) is 38.0 Å². The van der Waals surface area contributed by atoms with Crippen LogP contribution in [0.25, 0.3) is 11.1 Å². The van der Waals surface area contributed by atoms with Gasteiger partial charge in [-0.25, -0.2) is 18.7 Å². The summed E-state index contributed by atoms with van der Waals surface area (Å²) in [7, 11) is -3.79. The van der Waals surface area contributed by atoms with E-state index in [0.717, 1.165) is 30.7 Å². The van der Waals surface area contributed by atoms with E-state index in [4.69, 9.17) is 4.74 Å². The number of ether oxygens (including phenoxy) is 1. The summed E-state index contributed by atoms with van der Waals surface area (Å²) >= 11 is 0. The number of amides is 1. The average Bonchev–Trinajstić information content (AvgIpc) is 2.74. The highest BCUT2D eigenvalue weighted by molar-refractivity contribution is 7.98. The Morgan fingerprint density at radius 2 is 1.83 bits per heavy atom. The maximum Gasteiger partial charge on any atom is 0.474 e. The molecular weight excluding hydrogens is 514 g/mol. The third kappa shape index (κ3) is 7.01. The third-order valence-electron chi connectivity index (χ3n) is 4.53. The second kappa shape index (κ2) is 10.6. The Bertz CT molecular complexity index is 1340. The lowest BCUT2D eigenvalue weighted by Crippen LogP contribution is -2.24. The molecule has 0 saturated carbocycles. The minimum Gasteiger partial charge on any atom is -0.493 e. The van der Waals surface area contributed by atoms with Crippen molar-refractivity contribution >= 4 is 27.6 Å². The van der Waals surface area contributed by atoms with Gasteiger partial charge >= 0.3 is 12.1 Å². The Morgan fingerprint density at radius 3 is 2.50 bits per heavy atom. The second-order valence-electron chi connectivity index (χ2n) is 7.58. The summed E-state index contributed by atoms with van der Waals surface area (Å²) in [5.41, 5.74) is 0.221. The van der Waals surface area contributed by atoms with E-state index < -0.39 is 45.5 Å². The molecule has 0 aliphatic heterocycles. The summed E-state index contributed by atoms with van der Waals surface area (Å²) in [4.78, 5) is 18.6. The first-order chi connectivity index (χ1) is 16.8. The molecule has 7 nitrogen and oxygen atoms in total. The normalized spacial score (nSPS) is 12.2. The molecule has 0 spiro atoms. The van der Waals surface area contributed by atoms with Gasteiger partial charge in [0, 0.05) is 22.9 Å². The quantitative estimate of drug-likeness (QED) is 0.212. The Hall–Kier alpha value is -3.52. The number of aromatic nitrogens is 2. The third-order valence-corrected chi connectivity index (χ3v) is 6.11. The van der Waals surface area contributed by atoms with Gasteiger partial charge in [0.15, 0.2) is 0 Å². The molecule has 0 aliphatic carbocycles. The Labute approximate surface area is 202 Å². The summed E-state index contributed by atoms with van der Waals surface area (Å²) in [5, 5.41) is 2.65. The minimum atomic E-state index is -5.25. The van der Waals surface area contributed by atoms with Crippen molar-refractivity contribution in [2.45, 2.75) is 18.9 Å². The smallest absolute Gasteiger partial charge is 0.474 e. The van der Waals surface area contributed by atoms with Gasteiger partial charge in [-0.15, -0.1) is 10.1 Å². The van der Waals surface area contributed by atoms with Crippen LogP contribution in [-0.2, 0) is 20.7 Å². The first kappa shape index (κ1) is 27.1. The monoisotopic (exact) mass is 534 g/mol. The SMILES string of the molecule is CCOc1cc(F)ccc1-c1cc(Nc2cc(C[SH](C)(O)=NC(=O)C(F)(F)F)cc(F)n2)ncc1F. The van der Waals surface area contributed by atoms with E-state index in [1.807, 2.05) is 0 Å². The van der Waals surface area contributed by atoms with Crippen molar-refractivity contribution in [1.29, 1.82) is 0 Å². The Balaban J connectivity index is 1.92. The molecule has 2 aromatic heterocycles. The van der Waals surface area contributed by atoms with Crippen LogP contribution >= 0.6 is 0 Å². The van der Waals surface area contributed by atoms with Gasteiger partial charge in [0.2, 0.25) is 5.95 Å². The number of hydrogen-bond acceptors (Lipinski definition) is 5.